The van der Waals surface area contributed by atoms with Gasteiger partial charge in [0.2, 0.25) is 0 Å². The van der Waals surface area contributed by atoms with Crippen molar-refractivity contribution in [2.24, 2.45) is 0 Å². The van der Waals surface area contributed by atoms with Crippen molar-refractivity contribution in [2.75, 3.05) is 0 Å². The van der Waals surface area contributed by atoms with Gasteiger partial charge in [-0.3, -0.25) is 14.5 Å². The van der Waals surface area contributed by atoms with Crippen LogP contribution in [0.1, 0.15) is 26.3 Å². The molecule has 0 spiro atoms. The average molecular weight is 345 g/mol. The predicted molar refractivity (Wildman–Crippen MR) is 95.9 cm³/mol. The van der Waals surface area contributed by atoms with Crippen LogP contribution in [0.25, 0.3) is 11.1 Å². The molecule has 0 aromatic heterocycles. The molecule has 5 heteroatoms. The zero-order valence-corrected chi connectivity index (χ0v) is 13.7. The van der Waals surface area contributed by atoms with E-state index in [0.717, 1.165) is 0 Å². The number of hydrogen-bond donors (Lipinski definition) is 2. The fraction of sp³-hybridized carbons (Fsp3) is 0.0476. The summed E-state index contributed by atoms with van der Waals surface area (Å²) in [5, 5.41) is 19.9. The van der Waals surface area contributed by atoms with E-state index in [4.69, 9.17) is 0 Å². The highest BCUT2D eigenvalue weighted by Gasteiger charge is 2.35. The van der Waals surface area contributed by atoms with E-state index >= 15 is 0 Å². The number of amides is 2. The molecule has 0 aliphatic carbocycles. The van der Waals surface area contributed by atoms with Crippen molar-refractivity contribution in [2.45, 2.75) is 6.54 Å². The van der Waals surface area contributed by atoms with Gasteiger partial charge in [-0.15, -0.1) is 0 Å². The SMILES string of the molecule is O=C1c2ccccc2C(=O)N1Cc1ccc(-c2cccc(O)c2)c(O)c1. The Hall–Kier alpha value is -3.60. The summed E-state index contributed by atoms with van der Waals surface area (Å²) in [6, 6.07) is 18.3. The molecule has 1 heterocycles. The molecule has 0 unspecified atom stereocenters. The van der Waals surface area contributed by atoms with E-state index in [1.54, 1.807) is 60.7 Å². The number of hydrogen-bond acceptors (Lipinski definition) is 4. The van der Waals surface area contributed by atoms with E-state index in [-0.39, 0.29) is 29.9 Å². The summed E-state index contributed by atoms with van der Waals surface area (Å²) >= 11 is 0. The van der Waals surface area contributed by atoms with Crippen LogP contribution in [0, 0.1) is 0 Å². The van der Waals surface area contributed by atoms with Gasteiger partial charge in [-0.25, -0.2) is 0 Å². The summed E-state index contributed by atoms with van der Waals surface area (Å²) in [4.78, 5) is 26.0. The van der Waals surface area contributed by atoms with Crippen LogP contribution in [0.15, 0.2) is 66.7 Å². The molecular weight excluding hydrogens is 330 g/mol. The molecule has 2 amide bonds. The molecule has 5 nitrogen and oxygen atoms in total. The lowest BCUT2D eigenvalue weighted by Crippen LogP contribution is -2.29. The highest BCUT2D eigenvalue weighted by molar-refractivity contribution is 6.21. The molecule has 0 saturated carbocycles. The Morgan fingerprint density at radius 3 is 2.04 bits per heavy atom. The minimum atomic E-state index is -0.331. The van der Waals surface area contributed by atoms with E-state index in [0.29, 0.717) is 27.8 Å². The fourth-order valence-corrected chi connectivity index (χ4v) is 3.16. The van der Waals surface area contributed by atoms with Gasteiger partial charge in [0.25, 0.3) is 11.8 Å². The smallest absolute Gasteiger partial charge is 0.261 e. The molecule has 0 atom stereocenters. The summed E-state index contributed by atoms with van der Waals surface area (Å²) in [5.41, 5.74) is 2.68. The van der Waals surface area contributed by atoms with Gasteiger partial charge in [-0.1, -0.05) is 36.4 Å². The molecule has 0 saturated heterocycles. The lowest BCUT2D eigenvalue weighted by molar-refractivity contribution is 0.0642. The Labute approximate surface area is 149 Å². The van der Waals surface area contributed by atoms with Gasteiger partial charge in [0.05, 0.1) is 17.7 Å². The van der Waals surface area contributed by atoms with Crippen LogP contribution in [0.3, 0.4) is 0 Å². The molecule has 1 aliphatic rings. The lowest BCUT2D eigenvalue weighted by Gasteiger charge is -2.15. The highest BCUT2D eigenvalue weighted by Crippen LogP contribution is 2.33. The second kappa shape index (κ2) is 6.04. The number of aromatic hydroxyl groups is 2. The lowest BCUT2D eigenvalue weighted by atomic mass is 10.0. The molecule has 3 aromatic rings. The normalized spacial score (nSPS) is 13.2. The van der Waals surface area contributed by atoms with Crippen molar-refractivity contribution >= 4 is 11.8 Å². The van der Waals surface area contributed by atoms with E-state index in [9.17, 15) is 19.8 Å². The Balaban J connectivity index is 1.62. The van der Waals surface area contributed by atoms with Crippen molar-refractivity contribution < 1.29 is 19.8 Å². The molecule has 4 rings (SSSR count). The Bertz CT molecular complexity index is 1010. The number of carbonyl (C=O) groups excluding carboxylic acids is 2. The number of phenolic OH excluding ortho intramolecular Hbond substituents is 2. The molecular formula is C21H15NO4. The fourth-order valence-electron chi connectivity index (χ4n) is 3.16. The van der Waals surface area contributed by atoms with E-state index in [1.807, 2.05) is 0 Å². The van der Waals surface area contributed by atoms with Gasteiger partial charge < -0.3 is 10.2 Å². The molecule has 0 bridgehead atoms. The molecule has 26 heavy (non-hydrogen) atoms. The molecule has 1 aliphatic heterocycles. The monoisotopic (exact) mass is 345 g/mol. The maximum absolute atomic E-state index is 12.4. The summed E-state index contributed by atoms with van der Waals surface area (Å²) in [6.45, 7) is 0.0836. The summed E-state index contributed by atoms with van der Waals surface area (Å²) in [5.74, 6) is -0.536. The van der Waals surface area contributed by atoms with Crippen LogP contribution in [-0.4, -0.2) is 26.9 Å². The van der Waals surface area contributed by atoms with Gasteiger partial charge in [0, 0.05) is 5.56 Å². The van der Waals surface area contributed by atoms with Crippen LogP contribution in [0.4, 0.5) is 0 Å². The van der Waals surface area contributed by atoms with Crippen LogP contribution < -0.4 is 0 Å². The number of rotatable bonds is 3. The summed E-state index contributed by atoms with van der Waals surface area (Å²) < 4.78 is 0. The van der Waals surface area contributed by atoms with Gasteiger partial charge >= 0.3 is 0 Å². The zero-order chi connectivity index (χ0) is 18.3. The minimum Gasteiger partial charge on any atom is -0.508 e. The summed E-state index contributed by atoms with van der Waals surface area (Å²) in [7, 11) is 0. The number of carbonyl (C=O) groups is 2. The first-order chi connectivity index (χ1) is 12.5. The largest absolute Gasteiger partial charge is 0.508 e. The standard InChI is InChI=1S/C21H15NO4/c23-15-5-3-4-14(11-15)16-9-8-13(10-19(16)24)12-22-20(25)17-6-1-2-7-18(17)21(22)26/h1-11,23-24H,12H2. The van der Waals surface area contributed by atoms with Crippen LogP contribution in [0.2, 0.25) is 0 Å². The van der Waals surface area contributed by atoms with E-state index in [2.05, 4.69) is 0 Å². The van der Waals surface area contributed by atoms with Crippen molar-refractivity contribution in [3.63, 3.8) is 0 Å². The topological polar surface area (TPSA) is 77.8 Å². The van der Waals surface area contributed by atoms with Gasteiger partial charge in [0.15, 0.2) is 0 Å². The quantitative estimate of drug-likeness (QED) is 0.712. The minimum absolute atomic E-state index is 0.0182. The maximum Gasteiger partial charge on any atom is 0.261 e. The van der Waals surface area contributed by atoms with Gasteiger partial charge in [-0.05, 0) is 41.5 Å². The molecule has 0 fully saturated rings. The first-order valence-corrected chi connectivity index (χ1v) is 8.11. The Morgan fingerprint density at radius 2 is 1.42 bits per heavy atom. The van der Waals surface area contributed by atoms with Gasteiger partial charge in [0.1, 0.15) is 11.5 Å². The van der Waals surface area contributed by atoms with Crippen molar-refractivity contribution in [3.8, 4) is 22.6 Å². The summed E-state index contributed by atoms with van der Waals surface area (Å²) in [6.07, 6.45) is 0. The number of fused-ring (bicyclic) bond motifs is 1. The molecule has 128 valence electrons. The predicted octanol–water partition coefficient (Wildman–Crippen LogP) is 3.56. The number of nitrogens with zero attached hydrogens (tertiary/aromatic N) is 1. The first-order valence-electron chi connectivity index (χ1n) is 8.11. The molecule has 2 N–H and O–H groups in total. The van der Waals surface area contributed by atoms with Gasteiger partial charge in [-0.2, -0.15) is 0 Å². The third-order valence-electron chi connectivity index (χ3n) is 4.44. The third kappa shape index (κ3) is 2.59. The average Bonchev–Trinajstić information content (AvgIpc) is 2.87. The zero-order valence-electron chi connectivity index (χ0n) is 13.7. The van der Waals surface area contributed by atoms with Crippen molar-refractivity contribution in [1.29, 1.82) is 0 Å². The second-order valence-electron chi connectivity index (χ2n) is 6.14. The van der Waals surface area contributed by atoms with Crippen LogP contribution in [0.5, 0.6) is 11.5 Å². The second-order valence-corrected chi connectivity index (χ2v) is 6.14. The van der Waals surface area contributed by atoms with E-state index in [1.165, 1.54) is 11.0 Å². The number of phenols is 2. The van der Waals surface area contributed by atoms with Crippen molar-refractivity contribution in [1.82, 2.24) is 4.90 Å². The number of benzene rings is 3. The Kier molecular flexibility index (Phi) is 3.69. The van der Waals surface area contributed by atoms with Crippen LogP contribution >= 0.6 is 0 Å². The van der Waals surface area contributed by atoms with Crippen LogP contribution in [-0.2, 0) is 6.54 Å². The highest BCUT2D eigenvalue weighted by atomic mass is 16.3. The molecule has 3 aromatic carbocycles. The first kappa shape index (κ1) is 15.9. The third-order valence-corrected chi connectivity index (χ3v) is 4.44. The Morgan fingerprint density at radius 1 is 0.731 bits per heavy atom. The van der Waals surface area contributed by atoms with Crippen molar-refractivity contribution in [3.05, 3.63) is 83.4 Å². The number of imide groups is 1. The van der Waals surface area contributed by atoms with E-state index < -0.39 is 0 Å². The molecule has 0 radical (unpaired) electrons. The maximum atomic E-state index is 12.4.